The number of hydrogen-bond donors (Lipinski definition) is 1. The lowest BCUT2D eigenvalue weighted by atomic mass is 10.1. The van der Waals surface area contributed by atoms with Crippen molar-refractivity contribution in [2.75, 3.05) is 13.1 Å². The Morgan fingerprint density at radius 1 is 1.24 bits per heavy atom. The molecule has 0 fully saturated rings. The highest BCUT2D eigenvalue weighted by atomic mass is 32.1. The summed E-state index contributed by atoms with van der Waals surface area (Å²) < 4.78 is 0. The molecule has 3 nitrogen and oxygen atoms in total. The zero-order valence-corrected chi connectivity index (χ0v) is 12.4. The summed E-state index contributed by atoms with van der Waals surface area (Å²) >= 11 is 1.65. The Kier molecular flexibility index (Phi) is 5.10. The van der Waals surface area contributed by atoms with Gasteiger partial charge in [-0.2, -0.15) is 0 Å². The summed E-state index contributed by atoms with van der Waals surface area (Å²) in [6.07, 6.45) is 0.883. The molecular formula is C13H24N2OS. The Balaban J connectivity index is 2.93. The summed E-state index contributed by atoms with van der Waals surface area (Å²) in [5.74, 6) is 0. The van der Waals surface area contributed by atoms with Crippen molar-refractivity contribution in [1.82, 2.24) is 9.88 Å². The molecule has 1 heterocycles. The second kappa shape index (κ2) is 5.94. The van der Waals surface area contributed by atoms with E-state index in [1.165, 1.54) is 0 Å². The lowest BCUT2D eigenvalue weighted by molar-refractivity contribution is 0.0814. The molecule has 1 aromatic heterocycles. The molecule has 98 valence electrons. The van der Waals surface area contributed by atoms with Gasteiger partial charge in [0.1, 0.15) is 5.01 Å². The van der Waals surface area contributed by atoms with Crippen LogP contribution in [-0.2, 0) is 18.6 Å². The van der Waals surface area contributed by atoms with Crippen molar-refractivity contribution in [3.63, 3.8) is 0 Å². The first-order valence-electron chi connectivity index (χ1n) is 6.36. The number of hydrogen-bond acceptors (Lipinski definition) is 4. The molecular weight excluding hydrogens is 232 g/mol. The fraction of sp³-hybridized carbons (Fsp3) is 0.769. The van der Waals surface area contributed by atoms with Crippen LogP contribution in [0, 0.1) is 0 Å². The van der Waals surface area contributed by atoms with Crippen LogP contribution in [0.5, 0.6) is 0 Å². The molecule has 0 radical (unpaired) electrons. The van der Waals surface area contributed by atoms with Gasteiger partial charge in [-0.25, -0.2) is 4.98 Å². The second-order valence-electron chi connectivity index (χ2n) is 4.76. The van der Waals surface area contributed by atoms with Crippen LogP contribution >= 0.6 is 11.3 Å². The molecule has 0 unspecified atom stereocenters. The van der Waals surface area contributed by atoms with Crippen molar-refractivity contribution >= 4 is 11.3 Å². The fourth-order valence-electron chi connectivity index (χ4n) is 1.82. The minimum Gasteiger partial charge on any atom is -0.385 e. The molecule has 1 N–H and O–H groups in total. The van der Waals surface area contributed by atoms with Gasteiger partial charge in [-0.15, -0.1) is 11.3 Å². The molecule has 0 aliphatic rings. The molecule has 0 bridgehead atoms. The minimum absolute atomic E-state index is 0.773. The van der Waals surface area contributed by atoms with E-state index in [0.29, 0.717) is 0 Å². The van der Waals surface area contributed by atoms with Crippen LogP contribution in [0.2, 0.25) is 0 Å². The summed E-state index contributed by atoms with van der Waals surface area (Å²) in [5.41, 5.74) is 0.273. The van der Waals surface area contributed by atoms with Gasteiger partial charge in [0.15, 0.2) is 0 Å². The molecule has 17 heavy (non-hydrogen) atoms. The van der Waals surface area contributed by atoms with Crippen molar-refractivity contribution in [2.24, 2.45) is 0 Å². The van der Waals surface area contributed by atoms with Crippen LogP contribution in [0.15, 0.2) is 0 Å². The summed E-state index contributed by atoms with van der Waals surface area (Å²) in [7, 11) is 0. The minimum atomic E-state index is -0.773. The summed E-state index contributed by atoms with van der Waals surface area (Å²) in [4.78, 5) is 8.00. The molecule has 0 atom stereocenters. The molecule has 4 heteroatoms. The van der Waals surface area contributed by atoms with Gasteiger partial charge in [0.05, 0.1) is 22.7 Å². The third kappa shape index (κ3) is 3.76. The van der Waals surface area contributed by atoms with Gasteiger partial charge in [-0.05, 0) is 33.4 Å². The smallest absolute Gasteiger partial charge is 0.107 e. The number of nitrogens with zero attached hydrogens (tertiary/aromatic N) is 2. The largest absolute Gasteiger partial charge is 0.385 e. The highest BCUT2D eigenvalue weighted by Crippen LogP contribution is 2.30. The second-order valence-corrected chi connectivity index (χ2v) is 5.84. The standard InChI is InChI=1S/C13H24N2OS/c1-6-10-12(13(4,5)16)17-11(14-10)9-15(7-2)8-3/h16H,6-9H2,1-5H3. The Morgan fingerprint density at radius 2 is 1.82 bits per heavy atom. The van der Waals surface area contributed by atoms with Gasteiger partial charge in [0.2, 0.25) is 0 Å². The molecule has 1 rings (SSSR count). The number of aryl methyl sites for hydroxylation is 1. The maximum Gasteiger partial charge on any atom is 0.107 e. The Bertz CT molecular complexity index is 351. The van der Waals surface area contributed by atoms with Gasteiger partial charge in [-0.3, -0.25) is 4.90 Å². The normalized spacial score (nSPS) is 12.4. The molecule has 0 spiro atoms. The van der Waals surface area contributed by atoms with E-state index in [4.69, 9.17) is 0 Å². The molecule has 0 saturated carbocycles. The predicted octanol–water partition coefficient (Wildman–Crippen LogP) is 2.77. The zero-order valence-electron chi connectivity index (χ0n) is 11.6. The number of rotatable bonds is 6. The summed E-state index contributed by atoms with van der Waals surface area (Å²) in [6.45, 7) is 13.0. The van der Waals surface area contributed by atoms with Crippen molar-refractivity contribution in [1.29, 1.82) is 0 Å². The maximum absolute atomic E-state index is 10.1. The highest BCUT2D eigenvalue weighted by Gasteiger charge is 2.24. The van der Waals surface area contributed by atoms with E-state index < -0.39 is 5.60 Å². The van der Waals surface area contributed by atoms with E-state index in [9.17, 15) is 5.11 Å². The molecule has 0 aliphatic heterocycles. The van der Waals surface area contributed by atoms with Crippen LogP contribution in [0.3, 0.4) is 0 Å². The van der Waals surface area contributed by atoms with Crippen molar-refractivity contribution in [3.05, 3.63) is 15.6 Å². The average molecular weight is 256 g/mol. The van der Waals surface area contributed by atoms with Gasteiger partial charge >= 0.3 is 0 Å². The van der Waals surface area contributed by atoms with Crippen LogP contribution < -0.4 is 0 Å². The number of aromatic nitrogens is 1. The molecule has 0 amide bonds. The Hall–Kier alpha value is -0.450. The zero-order chi connectivity index (χ0) is 13.1. The van der Waals surface area contributed by atoms with Gasteiger partial charge in [0.25, 0.3) is 0 Å². The predicted molar refractivity (Wildman–Crippen MR) is 73.4 cm³/mol. The SMILES string of the molecule is CCc1nc(CN(CC)CC)sc1C(C)(C)O. The first kappa shape index (κ1) is 14.6. The Morgan fingerprint density at radius 3 is 2.18 bits per heavy atom. The lowest BCUT2D eigenvalue weighted by Gasteiger charge is -2.16. The molecule has 0 aromatic carbocycles. The fourth-order valence-corrected chi connectivity index (χ4v) is 3.02. The molecule has 0 aliphatic carbocycles. The monoisotopic (exact) mass is 256 g/mol. The van der Waals surface area contributed by atoms with Crippen molar-refractivity contribution in [3.8, 4) is 0 Å². The van der Waals surface area contributed by atoms with Crippen LogP contribution in [0.4, 0.5) is 0 Å². The average Bonchev–Trinajstić information content (AvgIpc) is 2.68. The maximum atomic E-state index is 10.1. The van der Waals surface area contributed by atoms with Crippen LogP contribution in [0.25, 0.3) is 0 Å². The van der Waals surface area contributed by atoms with E-state index in [2.05, 4.69) is 30.7 Å². The summed E-state index contributed by atoms with van der Waals surface area (Å²) in [5, 5.41) is 11.2. The highest BCUT2D eigenvalue weighted by molar-refractivity contribution is 7.11. The van der Waals surface area contributed by atoms with E-state index >= 15 is 0 Å². The van der Waals surface area contributed by atoms with E-state index in [1.807, 2.05) is 13.8 Å². The van der Waals surface area contributed by atoms with Gasteiger partial charge in [-0.1, -0.05) is 20.8 Å². The van der Waals surface area contributed by atoms with E-state index in [0.717, 1.165) is 41.6 Å². The van der Waals surface area contributed by atoms with Crippen molar-refractivity contribution < 1.29 is 5.11 Å². The van der Waals surface area contributed by atoms with Crippen LogP contribution in [0.1, 0.15) is 50.2 Å². The molecule has 0 saturated heterocycles. The number of aliphatic hydroxyl groups is 1. The van der Waals surface area contributed by atoms with Gasteiger partial charge in [0, 0.05) is 0 Å². The lowest BCUT2D eigenvalue weighted by Crippen LogP contribution is -2.21. The third-order valence-corrected chi connectivity index (χ3v) is 4.28. The quantitative estimate of drug-likeness (QED) is 0.850. The first-order valence-corrected chi connectivity index (χ1v) is 7.17. The van der Waals surface area contributed by atoms with Gasteiger partial charge < -0.3 is 5.11 Å². The first-order chi connectivity index (χ1) is 7.92. The van der Waals surface area contributed by atoms with Crippen molar-refractivity contribution in [2.45, 2.75) is 53.2 Å². The van der Waals surface area contributed by atoms with E-state index in [-0.39, 0.29) is 0 Å². The van der Waals surface area contributed by atoms with Crippen LogP contribution in [-0.4, -0.2) is 28.1 Å². The Labute approximate surface area is 108 Å². The van der Waals surface area contributed by atoms with E-state index in [1.54, 1.807) is 11.3 Å². The third-order valence-electron chi connectivity index (χ3n) is 2.89. The molecule has 1 aromatic rings. The summed E-state index contributed by atoms with van der Waals surface area (Å²) in [6, 6.07) is 0. The topological polar surface area (TPSA) is 36.4 Å². The number of thiazole rings is 1.